The molecule has 2 unspecified atom stereocenters. The first-order valence-electron chi connectivity index (χ1n) is 8.32. The van der Waals surface area contributed by atoms with Gasteiger partial charge in [-0.15, -0.1) is 11.8 Å². The van der Waals surface area contributed by atoms with Crippen LogP contribution in [0.3, 0.4) is 0 Å². The first-order chi connectivity index (χ1) is 11.7. The van der Waals surface area contributed by atoms with Crippen molar-refractivity contribution < 1.29 is 4.79 Å². The maximum Gasteiger partial charge on any atom is 0.259 e. The zero-order chi connectivity index (χ0) is 16.5. The van der Waals surface area contributed by atoms with Gasteiger partial charge in [-0.25, -0.2) is 4.98 Å². The number of fused-ring (bicyclic) bond motifs is 1. The summed E-state index contributed by atoms with van der Waals surface area (Å²) >= 11 is 1.60. The third-order valence-corrected chi connectivity index (χ3v) is 5.71. The number of carbonyl (C=O) groups excluding carboxylic acids is 1. The molecule has 2 atom stereocenters. The van der Waals surface area contributed by atoms with E-state index >= 15 is 0 Å². The number of aromatic nitrogens is 2. The van der Waals surface area contributed by atoms with E-state index in [1.54, 1.807) is 18.0 Å². The normalized spacial score (nSPS) is 24.2. The van der Waals surface area contributed by atoms with Crippen LogP contribution in [0, 0.1) is 0 Å². The molecule has 2 aromatic rings. The summed E-state index contributed by atoms with van der Waals surface area (Å²) in [6.07, 6.45) is 8.69. The van der Waals surface area contributed by atoms with Crippen LogP contribution in [-0.4, -0.2) is 40.3 Å². The van der Waals surface area contributed by atoms with Gasteiger partial charge >= 0.3 is 0 Å². The van der Waals surface area contributed by atoms with Crippen LogP contribution in [-0.2, 0) is 4.79 Å². The van der Waals surface area contributed by atoms with Gasteiger partial charge < -0.3 is 20.9 Å². The number of thioether (sulfide) groups is 1. The lowest BCUT2D eigenvalue weighted by Gasteiger charge is -2.27. The molecule has 1 amide bonds. The van der Waals surface area contributed by atoms with Crippen LogP contribution in [0.15, 0.2) is 35.6 Å². The molecule has 24 heavy (non-hydrogen) atoms. The van der Waals surface area contributed by atoms with Crippen LogP contribution in [0.25, 0.3) is 11.0 Å². The molecule has 1 aliphatic heterocycles. The Morgan fingerprint density at radius 1 is 1.42 bits per heavy atom. The highest BCUT2D eigenvalue weighted by atomic mass is 32.2. The van der Waals surface area contributed by atoms with Crippen LogP contribution >= 0.6 is 11.8 Å². The molecule has 1 aliphatic carbocycles. The summed E-state index contributed by atoms with van der Waals surface area (Å²) in [5.41, 5.74) is 8.00. The Hall–Kier alpha value is -1.99. The number of nitrogens with zero attached hydrogens (tertiary/aromatic N) is 2. The van der Waals surface area contributed by atoms with E-state index in [-0.39, 0.29) is 18.0 Å². The first kappa shape index (κ1) is 15.5. The number of aromatic amines is 1. The summed E-state index contributed by atoms with van der Waals surface area (Å²) in [6, 6.07) is 4.20. The molecule has 2 aliphatic rings. The third kappa shape index (κ3) is 2.89. The van der Waals surface area contributed by atoms with Crippen LogP contribution in [0.4, 0.5) is 5.69 Å². The fourth-order valence-electron chi connectivity index (χ4n) is 3.42. The molecule has 0 saturated heterocycles. The molecule has 2 aromatic heterocycles. The summed E-state index contributed by atoms with van der Waals surface area (Å²) in [7, 11) is 0. The first-order valence-corrected chi connectivity index (χ1v) is 9.31. The molecule has 0 aromatic carbocycles. The Morgan fingerprint density at radius 3 is 3.17 bits per heavy atom. The number of H-pyrrole nitrogens is 1. The third-order valence-electron chi connectivity index (χ3n) is 4.72. The molecule has 0 radical (unpaired) electrons. The Labute approximate surface area is 144 Å². The minimum atomic E-state index is -0.00795. The van der Waals surface area contributed by atoms with E-state index in [4.69, 9.17) is 5.73 Å². The number of rotatable bonds is 3. The fourth-order valence-corrected chi connectivity index (χ4v) is 4.32. The monoisotopic (exact) mass is 343 g/mol. The maximum absolute atomic E-state index is 12.6. The van der Waals surface area contributed by atoms with E-state index in [9.17, 15) is 4.79 Å². The highest BCUT2D eigenvalue weighted by Gasteiger charge is 2.27. The van der Waals surface area contributed by atoms with Gasteiger partial charge in [-0.1, -0.05) is 0 Å². The fraction of sp³-hybridized carbons (Fsp3) is 0.412. The van der Waals surface area contributed by atoms with Crippen LogP contribution < -0.4 is 16.0 Å². The molecule has 4 rings (SSSR count). The SMILES string of the molecule is NC1CCCC1NC(=O)C1=CN(c2ccnc3[nH]ccc23)CCS1. The van der Waals surface area contributed by atoms with Gasteiger partial charge in [0.05, 0.1) is 10.6 Å². The number of nitrogens with one attached hydrogen (secondary N) is 2. The molecule has 126 valence electrons. The lowest BCUT2D eigenvalue weighted by atomic mass is 10.2. The van der Waals surface area contributed by atoms with Crippen LogP contribution in [0.2, 0.25) is 0 Å². The molecule has 0 bridgehead atoms. The average Bonchev–Trinajstić information content (AvgIpc) is 3.24. The zero-order valence-electron chi connectivity index (χ0n) is 13.4. The summed E-state index contributed by atoms with van der Waals surface area (Å²) in [4.78, 5) is 22.9. The summed E-state index contributed by atoms with van der Waals surface area (Å²) in [6.45, 7) is 0.870. The van der Waals surface area contributed by atoms with E-state index in [1.165, 1.54) is 0 Å². The van der Waals surface area contributed by atoms with Gasteiger partial charge in [-0.2, -0.15) is 0 Å². The second-order valence-corrected chi connectivity index (χ2v) is 7.42. The molecular formula is C17H21N5OS. The van der Waals surface area contributed by atoms with Gasteiger partial charge in [0, 0.05) is 48.4 Å². The zero-order valence-corrected chi connectivity index (χ0v) is 14.2. The van der Waals surface area contributed by atoms with Crippen molar-refractivity contribution in [2.45, 2.75) is 31.3 Å². The average molecular weight is 343 g/mol. The molecule has 6 nitrogen and oxygen atoms in total. The second-order valence-electron chi connectivity index (χ2n) is 6.28. The number of amides is 1. The van der Waals surface area contributed by atoms with Gasteiger partial charge in [-0.05, 0) is 31.4 Å². The van der Waals surface area contributed by atoms with Gasteiger partial charge in [0.25, 0.3) is 5.91 Å². The summed E-state index contributed by atoms with van der Waals surface area (Å²) in [5, 5.41) is 4.17. The van der Waals surface area contributed by atoms with Crippen molar-refractivity contribution in [2.75, 3.05) is 17.2 Å². The largest absolute Gasteiger partial charge is 0.347 e. The quantitative estimate of drug-likeness (QED) is 0.793. The van der Waals surface area contributed by atoms with E-state index in [2.05, 4.69) is 20.2 Å². The lowest BCUT2D eigenvalue weighted by Crippen LogP contribution is -2.44. The predicted octanol–water partition coefficient (Wildman–Crippen LogP) is 1.95. The van der Waals surface area contributed by atoms with Gasteiger partial charge in [-0.3, -0.25) is 4.79 Å². The number of hydrogen-bond donors (Lipinski definition) is 3. The predicted molar refractivity (Wildman–Crippen MR) is 97.7 cm³/mol. The Morgan fingerprint density at radius 2 is 2.33 bits per heavy atom. The maximum atomic E-state index is 12.6. The molecule has 1 fully saturated rings. The van der Waals surface area contributed by atoms with Crippen molar-refractivity contribution in [3.63, 3.8) is 0 Å². The standard InChI is InChI=1S/C17H21N5OS/c18-12-2-1-3-13(12)21-17(23)15-10-22(8-9-24-15)14-5-7-20-16-11(14)4-6-19-16/h4-7,10,12-13H,1-3,8-9,18H2,(H,19,20)(H,21,23). The second kappa shape index (κ2) is 6.49. The van der Waals surface area contributed by atoms with Crippen molar-refractivity contribution in [2.24, 2.45) is 5.73 Å². The van der Waals surface area contributed by atoms with Crippen LogP contribution in [0.5, 0.6) is 0 Å². The number of hydrogen-bond acceptors (Lipinski definition) is 5. The van der Waals surface area contributed by atoms with Gasteiger partial charge in [0.15, 0.2) is 0 Å². The summed E-state index contributed by atoms with van der Waals surface area (Å²) in [5.74, 6) is 0.871. The minimum absolute atomic E-state index is 0.00795. The van der Waals surface area contributed by atoms with Crippen molar-refractivity contribution in [3.8, 4) is 0 Å². The number of nitrogens with two attached hydrogens (primary N) is 1. The highest BCUT2D eigenvalue weighted by Crippen LogP contribution is 2.30. The minimum Gasteiger partial charge on any atom is -0.347 e. The van der Waals surface area contributed by atoms with Crippen molar-refractivity contribution >= 4 is 34.4 Å². The van der Waals surface area contributed by atoms with E-state index in [0.717, 1.165) is 53.2 Å². The number of anilines is 1. The van der Waals surface area contributed by atoms with E-state index < -0.39 is 0 Å². The molecule has 1 saturated carbocycles. The number of pyridine rings is 1. The van der Waals surface area contributed by atoms with E-state index in [1.807, 2.05) is 24.5 Å². The van der Waals surface area contributed by atoms with Crippen LogP contribution in [0.1, 0.15) is 19.3 Å². The van der Waals surface area contributed by atoms with E-state index in [0.29, 0.717) is 0 Å². The topological polar surface area (TPSA) is 87.0 Å². The molecule has 4 N–H and O–H groups in total. The Bertz CT molecular complexity index is 786. The number of carbonyl (C=O) groups is 1. The molecule has 3 heterocycles. The van der Waals surface area contributed by atoms with Gasteiger partial charge in [0.1, 0.15) is 5.65 Å². The Balaban J connectivity index is 1.56. The van der Waals surface area contributed by atoms with Crippen molar-refractivity contribution in [1.29, 1.82) is 0 Å². The molecule has 7 heteroatoms. The van der Waals surface area contributed by atoms with Gasteiger partial charge in [0.2, 0.25) is 0 Å². The lowest BCUT2D eigenvalue weighted by molar-refractivity contribution is -0.117. The van der Waals surface area contributed by atoms with Crippen molar-refractivity contribution in [1.82, 2.24) is 15.3 Å². The van der Waals surface area contributed by atoms with Crippen molar-refractivity contribution in [3.05, 3.63) is 35.6 Å². The highest BCUT2D eigenvalue weighted by molar-refractivity contribution is 8.04. The summed E-state index contributed by atoms with van der Waals surface area (Å²) < 4.78 is 0. The smallest absolute Gasteiger partial charge is 0.259 e. The molecular weight excluding hydrogens is 322 g/mol. The Kier molecular flexibility index (Phi) is 4.20. The molecule has 0 spiro atoms.